The maximum atomic E-state index is 10.6. The van der Waals surface area contributed by atoms with Crippen LogP contribution in [0.1, 0.15) is 15.9 Å². The van der Waals surface area contributed by atoms with E-state index in [-0.39, 0.29) is 5.56 Å². The molecule has 4 heteroatoms. The standard InChI is InChI=1S/C11H14O4/c1-14-6-7-15-8-9-2-4-10(5-3-9)11(12)13/h2-5H,6-8H2,1H3,(H,12,13). The van der Waals surface area contributed by atoms with Gasteiger partial charge in [0.2, 0.25) is 0 Å². The van der Waals surface area contributed by atoms with Gasteiger partial charge < -0.3 is 14.6 Å². The van der Waals surface area contributed by atoms with Crippen LogP contribution in [0.5, 0.6) is 0 Å². The molecule has 0 aromatic heterocycles. The number of aromatic carboxylic acids is 1. The fraction of sp³-hybridized carbons (Fsp3) is 0.364. The van der Waals surface area contributed by atoms with Crippen molar-refractivity contribution < 1.29 is 19.4 Å². The Hall–Kier alpha value is -1.39. The first-order valence-electron chi connectivity index (χ1n) is 4.63. The van der Waals surface area contributed by atoms with E-state index in [2.05, 4.69) is 0 Å². The van der Waals surface area contributed by atoms with Gasteiger partial charge in [-0.3, -0.25) is 0 Å². The fourth-order valence-electron chi connectivity index (χ4n) is 1.08. The maximum Gasteiger partial charge on any atom is 0.335 e. The molecule has 0 aliphatic rings. The molecule has 1 N–H and O–H groups in total. The van der Waals surface area contributed by atoms with Gasteiger partial charge in [0, 0.05) is 7.11 Å². The summed E-state index contributed by atoms with van der Waals surface area (Å²) in [5.41, 5.74) is 1.24. The molecule has 0 bridgehead atoms. The van der Waals surface area contributed by atoms with Crippen molar-refractivity contribution in [2.75, 3.05) is 20.3 Å². The largest absolute Gasteiger partial charge is 0.478 e. The average molecular weight is 210 g/mol. The van der Waals surface area contributed by atoms with E-state index in [4.69, 9.17) is 14.6 Å². The van der Waals surface area contributed by atoms with E-state index in [1.165, 1.54) is 0 Å². The highest BCUT2D eigenvalue weighted by Crippen LogP contribution is 2.05. The van der Waals surface area contributed by atoms with E-state index in [0.717, 1.165) is 5.56 Å². The number of methoxy groups -OCH3 is 1. The van der Waals surface area contributed by atoms with Gasteiger partial charge >= 0.3 is 5.97 Å². The first-order chi connectivity index (χ1) is 7.24. The molecule has 0 saturated heterocycles. The molecule has 0 amide bonds. The SMILES string of the molecule is COCCOCc1ccc(C(=O)O)cc1. The summed E-state index contributed by atoms with van der Waals surface area (Å²) in [6, 6.07) is 6.63. The van der Waals surface area contributed by atoms with E-state index in [1.54, 1.807) is 31.4 Å². The Labute approximate surface area is 88.4 Å². The van der Waals surface area contributed by atoms with E-state index >= 15 is 0 Å². The third-order valence-corrected chi connectivity index (χ3v) is 1.90. The van der Waals surface area contributed by atoms with Crippen LogP contribution in [0.2, 0.25) is 0 Å². The highest BCUT2D eigenvalue weighted by molar-refractivity contribution is 5.87. The molecule has 0 saturated carbocycles. The zero-order valence-electron chi connectivity index (χ0n) is 8.60. The summed E-state index contributed by atoms with van der Waals surface area (Å²) >= 11 is 0. The van der Waals surface area contributed by atoms with E-state index in [1.807, 2.05) is 0 Å². The number of ether oxygens (including phenoxy) is 2. The van der Waals surface area contributed by atoms with Crippen molar-refractivity contribution in [2.24, 2.45) is 0 Å². The van der Waals surface area contributed by atoms with Crippen molar-refractivity contribution in [1.29, 1.82) is 0 Å². The van der Waals surface area contributed by atoms with Crippen LogP contribution in [0.25, 0.3) is 0 Å². The first-order valence-corrected chi connectivity index (χ1v) is 4.63. The van der Waals surface area contributed by atoms with Crippen molar-refractivity contribution in [2.45, 2.75) is 6.61 Å². The minimum Gasteiger partial charge on any atom is -0.478 e. The van der Waals surface area contributed by atoms with E-state index < -0.39 is 5.97 Å². The lowest BCUT2D eigenvalue weighted by Crippen LogP contribution is -2.02. The molecule has 0 heterocycles. The van der Waals surface area contributed by atoms with Crippen LogP contribution in [0.3, 0.4) is 0 Å². The number of carboxylic acids is 1. The Balaban J connectivity index is 2.39. The minimum absolute atomic E-state index is 0.288. The van der Waals surface area contributed by atoms with Gasteiger partial charge in [0.1, 0.15) is 0 Å². The molecule has 0 aliphatic carbocycles. The summed E-state index contributed by atoms with van der Waals surface area (Å²) in [5, 5.41) is 8.67. The number of hydrogen-bond donors (Lipinski definition) is 1. The van der Waals surface area contributed by atoms with Gasteiger partial charge in [-0.05, 0) is 17.7 Å². The molecule has 0 atom stereocenters. The summed E-state index contributed by atoms with van der Waals surface area (Å²) in [5.74, 6) is -0.915. The zero-order valence-corrected chi connectivity index (χ0v) is 8.60. The number of hydrogen-bond acceptors (Lipinski definition) is 3. The molecule has 0 spiro atoms. The van der Waals surface area contributed by atoms with Crippen LogP contribution >= 0.6 is 0 Å². The van der Waals surface area contributed by atoms with E-state index in [0.29, 0.717) is 19.8 Å². The Morgan fingerprint density at radius 3 is 2.47 bits per heavy atom. The van der Waals surface area contributed by atoms with Gasteiger partial charge in [0.05, 0.1) is 25.4 Å². The number of benzene rings is 1. The molecular formula is C11H14O4. The zero-order chi connectivity index (χ0) is 11.1. The van der Waals surface area contributed by atoms with E-state index in [9.17, 15) is 4.79 Å². The fourth-order valence-corrected chi connectivity index (χ4v) is 1.08. The van der Waals surface area contributed by atoms with Gasteiger partial charge in [0.25, 0.3) is 0 Å². The smallest absolute Gasteiger partial charge is 0.335 e. The summed E-state index contributed by atoms with van der Waals surface area (Å²) in [6.07, 6.45) is 0. The Kier molecular flexibility index (Phi) is 4.80. The highest BCUT2D eigenvalue weighted by Gasteiger charge is 2.01. The monoisotopic (exact) mass is 210 g/mol. The molecule has 0 aliphatic heterocycles. The van der Waals surface area contributed by atoms with Crippen LogP contribution in [0.4, 0.5) is 0 Å². The van der Waals surface area contributed by atoms with Gasteiger partial charge in [-0.2, -0.15) is 0 Å². The lowest BCUT2D eigenvalue weighted by molar-refractivity contribution is 0.0616. The Morgan fingerprint density at radius 2 is 1.93 bits per heavy atom. The third kappa shape index (κ3) is 4.10. The second kappa shape index (κ2) is 6.16. The average Bonchev–Trinajstić information content (AvgIpc) is 2.25. The second-order valence-corrected chi connectivity index (χ2v) is 3.05. The number of carboxylic acid groups (broad SMARTS) is 1. The molecular weight excluding hydrogens is 196 g/mol. The summed E-state index contributed by atoms with van der Waals surface area (Å²) in [6.45, 7) is 1.58. The molecule has 1 aromatic carbocycles. The van der Waals surface area contributed by atoms with Crippen LogP contribution < -0.4 is 0 Å². The van der Waals surface area contributed by atoms with Gasteiger partial charge in [-0.1, -0.05) is 12.1 Å². The summed E-state index contributed by atoms with van der Waals surface area (Å²) in [7, 11) is 1.62. The second-order valence-electron chi connectivity index (χ2n) is 3.05. The van der Waals surface area contributed by atoms with Crippen LogP contribution in [0.15, 0.2) is 24.3 Å². The van der Waals surface area contributed by atoms with Gasteiger partial charge in [-0.25, -0.2) is 4.79 Å². The van der Waals surface area contributed by atoms with Crippen LogP contribution in [-0.4, -0.2) is 31.4 Å². The normalized spacial score (nSPS) is 10.2. The number of rotatable bonds is 6. The predicted octanol–water partition coefficient (Wildman–Crippen LogP) is 1.55. The van der Waals surface area contributed by atoms with Crippen LogP contribution in [-0.2, 0) is 16.1 Å². The van der Waals surface area contributed by atoms with Crippen molar-refractivity contribution >= 4 is 5.97 Å². The minimum atomic E-state index is -0.915. The van der Waals surface area contributed by atoms with Crippen molar-refractivity contribution in [3.8, 4) is 0 Å². The Bertz CT molecular complexity index is 305. The van der Waals surface area contributed by atoms with Crippen LogP contribution in [0, 0.1) is 0 Å². The molecule has 1 aromatic rings. The predicted molar refractivity (Wildman–Crippen MR) is 54.9 cm³/mol. The molecule has 0 unspecified atom stereocenters. The van der Waals surface area contributed by atoms with Gasteiger partial charge in [-0.15, -0.1) is 0 Å². The molecule has 0 radical (unpaired) electrons. The van der Waals surface area contributed by atoms with Crippen molar-refractivity contribution in [3.63, 3.8) is 0 Å². The molecule has 15 heavy (non-hydrogen) atoms. The molecule has 82 valence electrons. The Morgan fingerprint density at radius 1 is 1.27 bits per heavy atom. The topological polar surface area (TPSA) is 55.8 Å². The first kappa shape index (κ1) is 11.7. The van der Waals surface area contributed by atoms with Crippen molar-refractivity contribution in [1.82, 2.24) is 0 Å². The van der Waals surface area contributed by atoms with Crippen molar-refractivity contribution in [3.05, 3.63) is 35.4 Å². The maximum absolute atomic E-state index is 10.6. The third-order valence-electron chi connectivity index (χ3n) is 1.90. The lowest BCUT2D eigenvalue weighted by atomic mass is 10.1. The lowest BCUT2D eigenvalue weighted by Gasteiger charge is -2.03. The van der Waals surface area contributed by atoms with Gasteiger partial charge in [0.15, 0.2) is 0 Å². The quantitative estimate of drug-likeness (QED) is 0.724. The molecule has 1 rings (SSSR count). The number of carbonyl (C=O) groups is 1. The molecule has 0 fully saturated rings. The summed E-state index contributed by atoms with van der Waals surface area (Å²) < 4.78 is 10.1. The molecule has 4 nitrogen and oxygen atoms in total. The highest BCUT2D eigenvalue weighted by atomic mass is 16.5. The summed E-state index contributed by atoms with van der Waals surface area (Å²) in [4.78, 5) is 10.6.